The Balaban J connectivity index is 1.45. The highest BCUT2D eigenvalue weighted by Crippen LogP contribution is 2.27. The van der Waals surface area contributed by atoms with E-state index in [1.165, 1.54) is 12.4 Å². The lowest BCUT2D eigenvalue weighted by Crippen LogP contribution is -2.39. The van der Waals surface area contributed by atoms with Crippen molar-refractivity contribution >= 4 is 55.4 Å². The summed E-state index contributed by atoms with van der Waals surface area (Å²) in [6.45, 7) is 1.27. The first-order valence-electron chi connectivity index (χ1n) is 10.5. The summed E-state index contributed by atoms with van der Waals surface area (Å²) in [5, 5.41) is 10.9. The van der Waals surface area contributed by atoms with Crippen molar-refractivity contribution in [1.82, 2.24) is 14.4 Å². The van der Waals surface area contributed by atoms with E-state index in [4.69, 9.17) is 20.9 Å². The van der Waals surface area contributed by atoms with E-state index in [9.17, 15) is 4.21 Å². The second-order valence-corrected chi connectivity index (χ2v) is 10.4. The zero-order valence-electron chi connectivity index (χ0n) is 17.9. The molecule has 0 atom stereocenters. The Bertz CT molecular complexity index is 1470. The lowest BCUT2D eigenvalue weighted by atomic mass is 10.1. The smallest absolute Gasteiger partial charge is 0.180 e. The normalized spacial score (nSPS) is 16.2. The molecule has 3 heterocycles. The van der Waals surface area contributed by atoms with Gasteiger partial charge in [-0.25, -0.2) is 14.2 Å². The van der Waals surface area contributed by atoms with Gasteiger partial charge in [-0.1, -0.05) is 6.07 Å². The molecule has 0 spiro atoms. The molecule has 0 bridgehead atoms. The van der Waals surface area contributed by atoms with Gasteiger partial charge in [-0.15, -0.1) is 0 Å². The van der Waals surface area contributed by atoms with Crippen molar-refractivity contribution in [3.63, 3.8) is 0 Å². The van der Waals surface area contributed by atoms with Crippen LogP contribution in [0, 0.1) is 10.2 Å². The van der Waals surface area contributed by atoms with Crippen molar-refractivity contribution in [2.24, 2.45) is 5.73 Å². The topological polar surface area (TPSA) is 136 Å². The molecule has 10 heteroatoms. The van der Waals surface area contributed by atoms with Crippen LogP contribution in [0.3, 0.4) is 0 Å². The Kier molecular flexibility index (Phi) is 5.21. The molecule has 168 valence electrons. The van der Waals surface area contributed by atoms with Gasteiger partial charge in [-0.2, -0.15) is 0 Å². The standard InChI is InChI=1S/C23H24N8OS/c24-14-17(15-25)16-1-6-20-21(13-16)31-8-7-27-23(31)22(29-20)28-18-2-4-19(5-3-18)30-9-11-33(26,32)12-10-30/h1-8,13-15,24,26H,9-12,25H2,(H,28,29). The summed E-state index contributed by atoms with van der Waals surface area (Å²) in [6.07, 6.45) is 6.26. The number of hydrogen-bond donors (Lipinski definition) is 4. The first-order chi connectivity index (χ1) is 16.0. The van der Waals surface area contributed by atoms with E-state index in [1.54, 1.807) is 6.20 Å². The molecule has 9 nitrogen and oxygen atoms in total. The van der Waals surface area contributed by atoms with Crippen LogP contribution in [0.25, 0.3) is 22.3 Å². The van der Waals surface area contributed by atoms with Gasteiger partial charge in [0.1, 0.15) is 0 Å². The van der Waals surface area contributed by atoms with E-state index in [0.29, 0.717) is 41.6 Å². The van der Waals surface area contributed by atoms with Crippen molar-refractivity contribution in [3.05, 3.63) is 66.6 Å². The van der Waals surface area contributed by atoms with Crippen LogP contribution >= 0.6 is 0 Å². The summed E-state index contributed by atoms with van der Waals surface area (Å²) in [6, 6.07) is 13.8. The predicted molar refractivity (Wildman–Crippen MR) is 134 cm³/mol. The molecular formula is C23H24N8OS. The molecule has 1 aliphatic heterocycles. The van der Waals surface area contributed by atoms with E-state index in [1.807, 2.05) is 53.1 Å². The summed E-state index contributed by atoms with van der Waals surface area (Å²) in [5.41, 5.74) is 11.4. The van der Waals surface area contributed by atoms with Gasteiger partial charge in [-0.3, -0.25) is 9.18 Å². The molecule has 1 saturated heterocycles. The molecule has 1 fully saturated rings. The number of nitrogens with zero attached hydrogens (tertiary/aromatic N) is 4. The maximum atomic E-state index is 11.9. The monoisotopic (exact) mass is 460 g/mol. The van der Waals surface area contributed by atoms with E-state index >= 15 is 0 Å². The van der Waals surface area contributed by atoms with E-state index < -0.39 is 9.73 Å². The minimum Gasteiger partial charge on any atom is -0.404 e. The number of nitrogens with one attached hydrogen (secondary N) is 3. The second kappa shape index (κ2) is 8.21. The predicted octanol–water partition coefficient (Wildman–Crippen LogP) is 3.44. The van der Waals surface area contributed by atoms with E-state index in [2.05, 4.69) is 15.2 Å². The van der Waals surface area contributed by atoms with Crippen LogP contribution < -0.4 is 16.0 Å². The molecule has 0 unspecified atom stereocenters. The Labute approximate surface area is 191 Å². The fourth-order valence-electron chi connectivity index (χ4n) is 4.03. The minimum atomic E-state index is -2.41. The zero-order chi connectivity index (χ0) is 23.0. The number of benzene rings is 2. The van der Waals surface area contributed by atoms with Crippen LogP contribution in [0.5, 0.6) is 0 Å². The molecule has 0 amide bonds. The highest BCUT2D eigenvalue weighted by molar-refractivity contribution is 7.92. The van der Waals surface area contributed by atoms with Crippen LogP contribution in [0.1, 0.15) is 5.56 Å². The number of fused-ring (bicyclic) bond motifs is 3. The van der Waals surface area contributed by atoms with Crippen molar-refractivity contribution in [2.75, 3.05) is 34.8 Å². The van der Waals surface area contributed by atoms with Crippen molar-refractivity contribution in [1.29, 1.82) is 10.2 Å². The van der Waals surface area contributed by atoms with Gasteiger partial charge in [0.05, 0.1) is 11.0 Å². The first-order valence-corrected chi connectivity index (χ1v) is 12.4. The summed E-state index contributed by atoms with van der Waals surface area (Å²) >= 11 is 0. The van der Waals surface area contributed by atoms with E-state index in [0.717, 1.165) is 28.0 Å². The minimum absolute atomic E-state index is 0.413. The number of hydrogen-bond acceptors (Lipinski definition) is 8. The van der Waals surface area contributed by atoms with Crippen LogP contribution in [-0.2, 0) is 9.73 Å². The molecule has 33 heavy (non-hydrogen) atoms. The van der Waals surface area contributed by atoms with Crippen LogP contribution in [-0.4, -0.2) is 49.4 Å². The van der Waals surface area contributed by atoms with Gasteiger partial charge in [0.15, 0.2) is 11.5 Å². The summed E-state index contributed by atoms with van der Waals surface area (Å²) in [4.78, 5) is 11.4. The van der Waals surface area contributed by atoms with Crippen LogP contribution in [0.4, 0.5) is 17.2 Å². The second-order valence-electron chi connectivity index (χ2n) is 7.93. The van der Waals surface area contributed by atoms with Gasteiger partial charge in [0.2, 0.25) is 0 Å². The molecule has 5 rings (SSSR count). The van der Waals surface area contributed by atoms with Gasteiger partial charge in [0, 0.05) is 76.1 Å². The largest absolute Gasteiger partial charge is 0.404 e. The number of nitrogens with two attached hydrogens (primary N) is 1. The summed E-state index contributed by atoms with van der Waals surface area (Å²) in [5.74, 6) is 1.47. The quantitative estimate of drug-likeness (QED) is 0.337. The summed E-state index contributed by atoms with van der Waals surface area (Å²) < 4.78 is 21.6. The highest BCUT2D eigenvalue weighted by Gasteiger charge is 2.19. The number of imidazole rings is 1. The highest BCUT2D eigenvalue weighted by atomic mass is 32.2. The fourth-order valence-corrected chi connectivity index (χ4v) is 5.26. The molecule has 0 aliphatic carbocycles. The van der Waals surface area contributed by atoms with Gasteiger partial charge in [0.25, 0.3) is 0 Å². The Morgan fingerprint density at radius 1 is 1.15 bits per heavy atom. The Hall–Kier alpha value is -3.92. The molecule has 2 aromatic carbocycles. The lowest BCUT2D eigenvalue weighted by molar-refractivity contribution is 0.664. The Morgan fingerprint density at radius 2 is 1.91 bits per heavy atom. The molecule has 4 aromatic rings. The van der Waals surface area contributed by atoms with Crippen molar-refractivity contribution in [3.8, 4) is 0 Å². The SMILES string of the molecule is N=CC(=CN)c1ccc2nc(Nc3ccc(N4CCS(=N)(=O)CC4)cc3)c3nccn3c2c1. The molecular weight excluding hydrogens is 436 g/mol. The average Bonchev–Trinajstić information content (AvgIpc) is 3.32. The third kappa shape index (κ3) is 4.00. The average molecular weight is 461 g/mol. The number of anilines is 3. The zero-order valence-corrected chi connectivity index (χ0v) is 18.7. The Morgan fingerprint density at radius 3 is 2.61 bits per heavy atom. The van der Waals surface area contributed by atoms with Gasteiger partial charge >= 0.3 is 0 Å². The van der Waals surface area contributed by atoms with Crippen LogP contribution in [0.15, 0.2) is 61.1 Å². The molecule has 0 saturated carbocycles. The maximum Gasteiger partial charge on any atom is 0.180 e. The molecule has 0 radical (unpaired) electrons. The lowest BCUT2D eigenvalue weighted by Gasteiger charge is -2.30. The number of aromatic nitrogens is 3. The summed E-state index contributed by atoms with van der Waals surface area (Å²) in [7, 11) is -2.41. The molecule has 1 aliphatic rings. The van der Waals surface area contributed by atoms with Crippen LogP contribution in [0.2, 0.25) is 0 Å². The third-order valence-corrected chi connectivity index (χ3v) is 7.55. The van der Waals surface area contributed by atoms with Gasteiger partial charge in [-0.05, 0) is 42.0 Å². The maximum absolute atomic E-state index is 11.9. The van der Waals surface area contributed by atoms with Gasteiger partial charge < -0.3 is 21.4 Å². The number of rotatable bonds is 5. The number of allylic oxidation sites excluding steroid dienone is 1. The van der Waals surface area contributed by atoms with Crippen molar-refractivity contribution in [2.45, 2.75) is 0 Å². The third-order valence-electron chi connectivity index (χ3n) is 5.87. The first kappa shape index (κ1) is 21.0. The molecule has 5 N–H and O–H groups in total. The van der Waals surface area contributed by atoms with Crippen molar-refractivity contribution < 1.29 is 4.21 Å². The van der Waals surface area contributed by atoms with E-state index in [-0.39, 0.29) is 0 Å². The molecule has 2 aromatic heterocycles. The fraction of sp³-hybridized carbons (Fsp3) is 0.174.